The molecule has 9 nitrogen and oxygen atoms in total. The lowest BCUT2D eigenvalue weighted by Gasteiger charge is -2.18. The maximum Gasteiger partial charge on any atom is 0.257 e. The second-order valence-corrected chi connectivity index (χ2v) is 7.31. The Balaban J connectivity index is 1.71. The summed E-state index contributed by atoms with van der Waals surface area (Å²) < 4.78 is 13.0. The number of nitrogens with one attached hydrogen (secondary N) is 3. The van der Waals surface area contributed by atoms with E-state index in [2.05, 4.69) is 21.0 Å². The van der Waals surface area contributed by atoms with Crippen LogP contribution >= 0.6 is 0 Å². The monoisotopic (exact) mass is 394 g/mol. The van der Waals surface area contributed by atoms with Gasteiger partial charge in [0.15, 0.2) is 5.65 Å². The Bertz CT molecular complexity index is 1110. The summed E-state index contributed by atoms with van der Waals surface area (Å²) in [7, 11) is 1.64. The summed E-state index contributed by atoms with van der Waals surface area (Å²) in [5.74, 6) is 2.03. The van der Waals surface area contributed by atoms with E-state index in [0.717, 1.165) is 35.6 Å². The summed E-state index contributed by atoms with van der Waals surface area (Å²) in [5.41, 5.74) is 3.75. The smallest absolute Gasteiger partial charge is 0.257 e. The van der Waals surface area contributed by atoms with Crippen molar-refractivity contribution >= 4 is 28.9 Å². The second kappa shape index (κ2) is 6.93. The van der Waals surface area contributed by atoms with Crippen LogP contribution in [0.4, 0.5) is 17.3 Å². The van der Waals surface area contributed by atoms with Crippen LogP contribution in [-0.4, -0.2) is 46.8 Å². The molecule has 0 spiro atoms. The highest BCUT2D eigenvalue weighted by Crippen LogP contribution is 2.35. The van der Waals surface area contributed by atoms with Gasteiger partial charge in [-0.2, -0.15) is 9.61 Å². The van der Waals surface area contributed by atoms with Gasteiger partial charge in [0.1, 0.15) is 22.9 Å². The zero-order valence-electron chi connectivity index (χ0n) is 16.3. The Kier molecular flexibility index (Phi) is 4.24. The molecule has 9 heteroatoms. The Morgan fingerprint density at radius 1 is 1.34 bits per heavy atom. The molecule has 0 unspecified atom stereocenters. The molecule has 3 aromatic rings. The summed E-state index contributed by atoms with van der Waals surface area (Å²) in [5, 5.41) is 14.1. The average Bonchev–Trinajstić information content (AvgIpc) is 3.34. The van der Waals surface area contributed by atoms with Crippen molar-refractivity contribution in [2.45, 2.75) is 26.0 Å². The lowest BCUT2D eigenvalue weighted by molar-refractivity contribution is 0.0821. The fourth-order valence-corrected chi connectivity index (χ4v) is 3.78. The third-order valence-electron chi connectivity index (χ3n) is 5.19. The molecule has 3 N–H and O–H groups in total. The molecule has 0 aliphatic carbocycles. The number of carbonyl (C=O) groups is 1. The molecule has 0 fully saturated rings. The first-order valence-corrected chi connectivity index (χ1v) is 9.61. The molecule has 0 saturated heterocycles. The first-order valence-electron chi connectivity index (χ1n) is 9.61. The van der Waals surface area contributed by atoms with Crippen molar-refractivity contribution in [3.05, 3.63) is 41.1 Å². The summed E-state index contributed by atoms with van der Waals surface area (Å²) in [6, 6.07) is 5.74. The minimum Gasteiger partial charge on any atom is -0.495 e. The van der Waals surface area contributed by atoms with E-state index in [4.69, 9.17) is 14.5 Å². The van der Waals surface area contributed by atoms with Crippen LogP contribution in [0, 0.1) is 0 Å². The maximum absolute atomic E-state index is 12.8. The Hall–Kier alpha value is -3.33. The van der Waals surface area contributed by atoms with Gasteiger partial charge in [0.25, 0.3) is 5.91 Å². The van der Waals surface area contributed by atoms with Gasteiger partial charge < -0.3 is 25.4 Å². The van der Waals surface area contributed by atoms with E-state index in [1.165, 1.54) is 0 Å². The van der Waals surface area contributed by atoms with E-state index in [9.17, 15) is 4.79 Å². The number of amides is 1. The van der Waals surface area contributed by atoms with Crippen LogP contribution in [0.3, 0.4) is 0 Å². The molecule has 29 heavy (non-hydrogen) atoms. The van der Waals surface area contributed by atoms with E-state index in [1.807, 2.05) is 25.1 Å². The molecular weight excluding hydrogens is 372 g/mol. The molecule has 1 amide bonds. The van der Waals surface area contributed by atoms with Crippen molar-refractivity contribution in [3.63, 3.8) is 0 Å². The van der Waals surface area contributed by atoms with Crippen LogP contribution in [0.1, 0.15) is 28.4 Å². The molecule has 2 aliphatic heterocycles. The maximum atomic E-state index is 12.8. The first-order chi connectivity index (χ1) is 14.1. The number of aromatic nitrogens is 3. The number of hydrogen-bond donors (Lipinski definition) is 3. The SMILES string of the molecule is COc1ccc2cc1Nc1nc3c(cnn3c3c1CCN3)C(=O)N[C@H](C)COC2. The first kappa shape index (κ1) is 17.7. The van der Waals surface area contributed by atoms with Crippen LogP contribution in [0.2, 0.25) is 0 Å². The number of benzene rings is 1. The third kappa shape index (κ3) is 3.03. The van der Waals surface area contributed by atoms with Gasteiger partial charge in [0.05, 0.1) is 32.2 Å². The summed E-state index contributed by atoms with van der Waals surface area (Å²) in [6.07, 6.45) is 2.37. The molecule has 1 atom stereocenters. The molecule has 4 heterocycles. The Labute approximate surface area is 167 Å². The predicted octanol–water partition coefficient (Wildman–Crippen LogP) is 2.10. The van der Waals surface area contributed by atoms with Gasteiger partial charge in [0.2, 0.25) is 0 Å². The largest absolute Gasteiger partial charge is 0.495 e. The van der Waals surface area contributed by atoms with Crippen LogP contribution in [0.25, 0.3) is 5.65 Å². The second-order valence-electron chi connectivity index (χ2n) is 7.31. The Morgan fingerprint density at radius 2 is 2.24 bits per heavy atom. The van der Waals surface area contributed by atoms with Crippen LogP contribution in [-0.2, 0) is 17.8 Å². The number of ether oxygens (including phenoxy) is 2. The van der Waals surface area contributed by atoms with Crippen molar-refractivity contribution in [2.75, 3.05) is 30.9 Å². The molecule has 2 aliphatic rings. The standard InChI is InChI=1S/C20H22N6O3/c1-11-9-29-10-12-3-4-16(28-2)15(7-12)24-17-13-5-6-21-18(13)26-19(25-17)14(8-22-26)20(27)23-11/h3-4,7-8,11,21H,5-6,9-10H2,1-2H3,(H,23,27)(H,24,25)/t11-/m1/s1. The number of methoxy groups -OCH3 is 1. The van der Waals surface area contributed by atoms with Gasteiger partial charge in [-0.3, -0.25) is 4.79 Å². The van der Waals surface area contributed by atoms with Gasteiger partial charge in [-0.15, -0.1) is 0 Å². The van der Waals surface area contributed by atoms with Crippen LogP contribution in [0.5, 0.6) is 5.75 Å². The van der Waals surface area contributed by atoms with Gasteiger partial charge >= 0.3 is 0 Å². The molecule has 1 aromatic carbocycles. The fourth-order valence-electron chi connectivity index (χ4n) is 3.78. The number of hydrogen-bond acceptors (Lipinski definition) is 7. The van der Waals surface area contributed by atoms with Gasteiger partial charge in [0, 0.05) is 18.2 Å². The zero-order chi connectivity index (χ0) is 20.0. The average molecular weight is 394 g/mol. The molecule has 0 saturated carbocycles. The van der Waals surface area contributed by atoms with E-state index < -0.39 is 0 Å². The van der Waals surface area contributed by atoms with Crippen molar-refractivity contribution in [3.8, 4) is 5.75 Å². The summed E-state index contributed by atoms with van der Waals surface area (Å²) in [4.78, 5) is 17.6. The fraction of sp³-hybridized carbons (Fsp3) is 0.350. The van der Waals surface area contributed by atoms with Gasteiger partial charge in [-0.25, -0.2) is 4.98 Å². The van der Waals surface area contributed by atoms with Crippen molar-refractivity contribution in [1.82, 2.24) is 19.9 Å². The lowest BCUT2D eigenvalue weighted by atomic mass is 10.1. The normalized spacial score (nSPS) is 18.6. The van der Waals surface area contributed by atoms with Crippen molar-refractivity contribution in [1.29, 1.82) is 0 Å². The van der Waals surface area contributed by atoms with Crippen LogP contribution in [0.15, 0.2) is 24.4 Å². The topological polar surface area (TPSA) is 102 Å². The molecule has 0 radical (unpaired) electrons. The predicted molar refractivity (Wildman–Crippen MR) is 108 cm³/mol. The van der Waals surface area contributed by atoms with E-state index in [-0.39, 0.29) is 11.9 Å². The number of fused-ring (bicyclic) bond motifs is 6. The number of rotatable bonds is 1. The van der Waals surface area contributed by atoms with E-state index >= 15 is 0 Å². The van der Waals surface area contributed by atoms with Crippen molar-refractivity contribution < 1.29 is 14.3 Å². The Morgan fingerprint density at radius 3 is 3.10 bits per heavy atom. The van der Waals surface area contributed by atoms with E-state index in [0.29, 0.717) is 36.0 Å². The summed E-state index contributed by atoms with van der Waals surface area (Å²) in [6.45, 7) is 3.53. The summed E-state index contributed by atoms with van der Waals surface area (Å²) >= 11 is 0. The highest BCUT2D eigenvalue weighted by molar-refractivity contribution is 6.00. The molecule has 5 rings (SSSR count). The minimum absolute atomic E-state index is 0.150. The number of nitrogens with zero attached hydrogens (tertiary/aromatic N) is 3. The highest BCUT2D eigenvalue weighted by Gasteiger charge is 2.25. The highest BCUT2D eigenvalue weighted by atomic mass is 16.5. The molecular formula is C20H22N6O3. The molecule has 150 valence electrons. The van der Waals surface area contributed by atoms with Crippen LogP contribution < -0.4 is 20.7 Å². The lowest BCUT2D eigenvalue weighted by Crippen LogP contribution is -2.35. The van der Waals surface area contributed by atoms with Gasteiger partial charge in [-0.05, 0) is 31.0 Å². The minimum atomic E-state index is -0.222. The number of anilines is 3. The van der Waals surface area contributed by atoms with Crippen molar-refractivity contribution in [2.24, 2.45) is 0 Å². The quantitative estimate of drug-likeness (QED) is 0.581. The van der Waals surface area contributed by atoms with E-state index in [1.54, 1.807) is 17.8 Å². The molecule has 2 aromatic heterocycles. The molecule has 4 bridgehead atoms. The number of carbonyl (C=O) groups excluding carboxylic acids is 1. The third-order valence-corrected chi connectivity index (χ3v) is 5.19. The zero-order valence-corrected chi connectivity index (χ0v) is 16.3. The van der Waals surface area contributed by atoms with Gasteiger partial charge in [-0.1, -0.05) is 6.07 Å².